The first-order valence-corrected chi connectivity index (χ1v) is 5.29. The van der Waals surface area contributed by atoms with Crippen molar-refractivity contribution in [3.8, 4) is 0 Å². The largest absolute Gasteiger partial charge is 0.392 e. The molecule has 0 aliphatic rings. The molecule has 0 aliphatic carbocycles. The van der Waals surface area contributed by atoms with Crippen LogP contribution < -0.4 is 0 Å². The van der Waals surface area contributed by atoms with Crippen LogP contribution in [0.4, 0.5) is 3.89 Å². The summed E-state index contributed by atoms with van der Waals surface area (Å²) in [5, 5.41) is 13.7. The molecule has 14 heavy (non-hydrogen) atoms. The van der Waals surface area contributed by atoms with Gasteiger partial charge in [0.15, 0.2) is 12.3 Å². The minimum absolute atomic E-state index is 0.0359. The van der Waals surface area contributed by atoms with E-state index >= 15 is 0 Å². The van der Waals surface area contributed by atoms with E-state index in [-0.39, 0.29) is 18.9 Å². The Morgan fingerprint density at radius 3 is 3.00 bits per heavy atom. The second kappa shape index (κ2) is 3.88. The Labute approximate surface area is 92.5 Å². The molecule has 0 saturated heterocycles. The number of aliphatic hydroxyl groups is 1. The Balaban J connectivity index is 2.76. The number of benzene rings is 1. The van der Waals surface area contributed by atoms with Crippen molar-refractivity contribution in [3.05, 3.63) is 28.4 Å². The van der Waals surface area contributed by atoms with Gasteiger partial charge in [-0.25, -0.2) is 0 Å². The van der Waals surface area contributed by atoms with E-state index in [1.54, 1.807) is 18.3 Å². The van der Waals surface area contributed by atoms with E-state index in [4.69, 9.17) is 5.11 Å². The first-order chi connectivity index (χ1) is 6.76. The normalized spacial score (nSPS) is 11.1. The van der Waals surface area contributed by atoms with Crippen molar-refractivity contribution in [1.29, 1.82) is 0 Å². The monoisotopic (exact) mass is 276 g/mol. The van der Waals surface area contributed by atoms with E-state index in [1.165, 1.54) is 4.09 Å². The summed E-state index contributed by atoms with van der Waals surface area (Å²) >= 11 is 3.32. The Morgan fingerprint density at radius 1 is 1.57 bits per heavy atom. The number of aromatic nitrogens is 2. The lowest BCUT2D eigenvalue weighted by atomic mass is 10.1. The lowest BCUT2D eigenvalue weighted by molar-refractivity contribution is 0.283. The molecule has 1 N–H and O–H groups in total. The molecule has 0 radical (unpaired) electrons. The topological polar surface area (TPSA) is 38.1 Å². The van der Waals surface area contributed by atoms with E-state index in [0.29, 0.717) is 5.52 Å². The molecule has 1 aromatic carbocycles. The number of hydrogen-bond donors (Lipinski definition) is 1. The zero-order valence-electron chi connectivity index (χ0n) is 6.94. The molecule has 3 nitrogen and oxygen atoms in total. The summed E-state index contributed by atoms with van der Waals surface area (Å²) in [7, 11) is 0. The molecular formula is C8H6BrFN2OS. The molecule has 0 atom stereocenters. The lowest BCUT2D eigenvalue weighted by Gasteiger charge is -2.00. The lowest BCUT2D eigenvalue weighted by Crippen LogP contribution is -1.87. The van der Waals surface area contributed by atoms with Gasteiger partial charge in [-0.2, -0.15) is 9.19 Å². The highest BCUT2D eigenvalue weighted by atomic mass is 79.9. The van der Waals surface area contributed by atoms with Crippen molar-refractivity contribution in [2.24, 2.45) is 0 Å². The molecule has 1 heterocycles. The highest BCUT2D eigenvalue weighted by Gasteiger charge is 2.08. The molecule has 2 rings (SSSR count). The number of fused-ring (bicyclic) bond motifs is 1. The quantitative estimate of drug-likeness (QED) is 0.917. The Morgan fingerprint density at radius 2 is 2.36 bits per heavy atom. The van der Waals surface area contributed by atoms with Crippen molar-refractivity contribution in [2.45, 2.75) is 6.61 Å². The van der Waals surface area contributed by atoms with Crippen molar-refractivity contribution >= 4 is 39.2 Å². The van der Waals surface area contributed by atoms with Crippen molar-refractivity contribution in [2.75, 3.05) is 0 Å². The maximum Gasteiger partial charge on any atom is 0.188 e. The molecule has 0 saturated carbocycles. The van der Waals surface area contributed by atoms with Crippen LogP contribution in [0.3, 0.4) is 0 Å². The van der Waals surface area contributed by atoms with Crippen LogP contribution in [0.5, 0.6) is 0 Å². The SMILES string of the molecule is OCc1cc(Br)cc2c1cnn2SF. The molecular weight excluding hydrogens is 271 g/mol. The van der Waals surface area contributed by atoms with Gasteiger partial charge in [0.25, 0.3) is 0 Å². The first kappa shape index (κ1) is 9.95. The van der Waals surface area contributed by atoms with Gasteiger partial charge in [0, 0.05) is 9.86 Å². The maximum atomic E-state index is 12.4. The van der Waals surface area contributed by atoms with Crippen LogP contribution >= 0.6 is 28.3 Å². The predicted molar refractivity (Wildman–Crippen MR) is 57.5 cm³/mol. The van der Waals surface area contributed by atoms with Gasteiger partial charge in [-0.15, -0.1) is 3.89 Å². The minimum atomic E-state index is -0.0847. The fourth-order valence-corrected chi connectivity index (χ4v) is 2.13. The van der Waals surface area contributed by atoms with Gasteiger partial charge in [-0.1, -0.05) is 15.9 Å². The number of nitrogens with zero attached hydrogens (tertiary/aromatic N) is 2. The standard InChI is InChI=1S/C8H6BrFN2OS/c9-6-1-5(4-13)7-3-11-12(14-10)8(7)2-6/h1-3,13H,4H2. The van der Waals surface area contributed by atoms with E-state index in [2.05, 4.69) is 21.0 Å². The summed E-state index contributed by atoms with van der Waals surface area (Å²) in [5.74, 6) is 0. The fourth-order valence-electron chi connectivity index (χ4n) is 1.32. The molecule has 0 spiro atoms. The van der Waals surface area contributed by atoms with Crippen LogP contribution in [0, 0.1) is 0 Å². The Hall–Kier alpha value is -0.590. The predicted octanol–water partition coefficient (Wildman–Crippen LogP) is 2.67. The van der Waals surface area contributed by atoms with Crippen LogP contribution in [0.1, 0.15) is 5.56 Å². The third-order valence-corrected chi connectivity index (χ3v) is 2.82. The molecule has 0 fully saturated rings. The Bertz CT molecular complexity index is 474. The summed E-state index contributed by atoms with van der Waals surface area (Å²) in [4.78, 5) is 0. The molecule has 1 aromatic heterocycles. The van der Waals surface area contributed by atoms with Gasteiger partial charge >= 0.3 is 0 Å². The molecule has 0 bridgehead atoms. The zero-order valence-corrected chi connectivity index (χ0v) is 9.35. The number of aliphatic hydroxyl groups excluding tert-OH is 1. The van der Waals surface area contributed by atoms with E-state index in [1.807, 2.05) is 0 Å². The number of hydrogen-bond acceptors (Lipinski definition) is 3. The van der Waals surface area contributed by atoms with Gasteiger partial charge in [-0.05, 0) is 17.7 Å². The summed E-state index contributed by atoms with van der Waals surface area (Å²) in [6.07, 6.45) is 1.54. The average molecular weight is 277 g/mol. The van der Waals surface area contributed by atoms with E-state index < -0.39 is 0 Å². The second-order valence-electron chi connectivity index (χ2n) is 2.74. The van der Waals surface area contributed by atoms with E-state index in [9.17, 15) is 3.89 Å². The van der Waals surface area contributed by atoms with Crippen molar-refractivity contribution in [3.63, 3.8) is 0 Å². The van der Waals surface area contributed by atoms with Crippen LogP contribution in [0.15, 0.2) is 22.8 Å². The number of halogens is 2. The van der Waals surface area contributed by atoms with Gasteiger partial charge in [-0.3, -0.25) is 0 Å². The average Bonchev–Trinajstić information content (AvgIpc) is 2.59. The summed E-state index contributed by atoms with van der Waals surface area (Å²) in [5.41, 5.74) is 1.38. The summed E-state index contributed by atoms with van der Waals surface area (Å²) < 4.78 is 14.4. The Kier molecular flexibility index (Phi) is 2.76. The van der Waals surface area contributed by atoms with Gasteiger partial charge in [0.1, 0.15) is 0 Å². The third-order valence-electron chi connectivity index (χ3n) is 1.94. The highest BCUT2D eigenvalue weighted by molar-refractivity contribution is 9.10. The first-order valence-electron chi connectivity index (χ1n) is 3.82. The van der Waals surface area contributed by atoms with Crippen molar-refractivity contribution in [1.82, 2.24) is 9.19 Å². The fraction of sp³-hybridized carbons (Fsp3) is 0.125. The molecule has 0 unspecified atom stereocenters. The highest BCUT2D eigenvalue weighted by Crippen LogP contribution is 2.26. The minimum Gasteiger partial charge on any atom is -0.392 e. The van der Waals surface area contributed by atoms with Crippen LogP contribution in [-0.2, 0) is 6.61 Å². The van der Waals surface area contributed by atoms with Crippen molar-refractivity contribution < 1.29 is 8.99 Å². The smallest absolute Gasteiger partial charge is 0.188 e. The van der Waals surface area contributed by atoms with Crippen LogP contribution in [0.2, 0.25) is 0 Å². The van der Waals surface area contributed by atoms with Crippen LogP contribution in [0.25, 0.3) is 10.9 Å². The molecule has 6 heteroatoms. The van der Waals surface area contributed by atoms with Gasteiger partial charge in [0.2, 0.25) is 0 Å². The third kappa shape index (κ3) is 1.53. The molecule has 74 valence electrons. The van der Waals surface area contributed by atoms with Gasteiger partial charge < -0.3 is 5.11 Å². The number of rotatable bonds is 2. The van der Waals surface area contributed by atoms with E-state index in [0.717, 1.165) is 15.4 Å². The molecule has 0 amide bonds. The summed E-state index contributed by atoms with van der Waals surface area (Å²) in [6, 6.07) is 3.55. The summed E-state index contributed by atoms with van der Waals surface area (Å²) in [6.45, 7) is -0.0847. The second-order valence-corrected chi connectivity index (χ2v) is 4.14. The van der Waals surface area contributed by atoms with Crippen LogP contribution in [-0.4, -0.2) is 14.3 Å². The zero-order chi connectivity index (χ0) is 10.1. The molecule has 2 aromatic rings. The van der Waals surface area contributed by atoms with Gasteiger partial charge in [0.05, 0.1) is 18.3 Å². The molecule has 0 aliphatic heterocycles. The maximum absolute atomic E-state index is 12.4.